The maximum absolute atomic E-state index is 13.2. The Bertz CT molecular complexity index is 1250. The van der Waals surface area contributed by atoms with Gasteiger partial charge in [0.25, 0.3) is 0 Å². The third kappa shape index (κ3) is 5.13. The van der Waals surface area contributed by atoms with Gasteiger partial charge in [-0.15, -0.1) is 0 Å². The molecule has 0 unspecified atom stereocenters. The average molecular weight is 465 g/mol. The second-order valence-electron chi connectivity index (χ2n) is 7.72. The lowest BCUT2D eigenvalue weighted by Gasteiger charge is -2.35. The molecule has 0 aromatic heterocycles. The summed E-state index contributed by atoms with van der Waals surface area (Å²) in [6.45, 7) is 3.33. The van der Waals surface area contributed by atoms with Gasteiger partial charge in [0, 0.05) is 37.4 Å². The van der Waals surface area contributed by atoms with Gasteiger partial charge in [-0.05, 0) is 61.5 Å². The zero-order chi connectivity index (χ0) is 23.4. The molecule has 0 N–H and O–H groups in total. The van der Waals surface area contributed by atoms with Crippen LogP contribution in [0, 0.1) is 0 Å². The van der Waals surface area contributed by atoms with Gasteiger partial charge in [0.1, 0.15) is 5.75 Å². The molecular weight excluding hydrogens is 440 g/mol. The van der Waals surface area contributed by atoms with E-state index in [1.807, 2.05) is 30.3 Å². The first-order valence-electron chi connectivity index (χ1n) is 10.6. The molecule has 1 aliphatic heterocycles. The van der Waals surface area contributed by atoms with Crippen LogP contribution in [-0.4, -0.2) is 50.7 Å². The van der Waals surface area contributed by atoms with Crippen LogP contribution in [0.4, 0.5) is 5.69 Å². The van der Waals surface area contributed by atoms with Crippen molar-refractivity contribution in [3.63, 3.8) is 0 Å². The van der Waals surface area contributed by atoms with Crippen molar-refractivity contribution in [3.05, 3.63) is 90.0 Å². The fourth-order valence-corrected chi connectivity index (χ4v) is 5.15. The van der Waals surface area contributed by atoms with Gasteiger partial charge >= 0.3 is 5.97 Å². The summed E-state index contributed by atoms with van der Waals surface area (Å²) in [6.07, 6.45) is 0. The van der Waals surface area contributed by atoms with Crippen LogP contribution in [0.1, 0.15) is 27.6 Å². The lowest BCUT2D eigenvalue weighted by molar-refractivity contribution is 0.0734. The number of hydrogen-bond donors (Lipinski definition) is 0. The van der Waals surface area contributed by atoms with Crippen LogP contribution in [0.5, 0.6) is 5.75 Å². The lowest BCUT2D eigenvalue weighted by atomic mass is 10.1. The monoisotopic (exact) mass is 464 g/mol. The highest BCUT2D eigenvalue weighted by molar-refractivity contribution is 7.89. The number of nitrogens with zero attached hydrogens (tertiary/aromatic N) is 2. The number of para-hydroxylation sites is 1. The van der Waals surface area contributed by atoms with Crippen molar-refractivity contribution >= 4 is 27.5 Å². The number of ether oxygens (including phenoxy) is 1. The number of hydrogen-bond acceptors (Lipinski definition) is 6. The standard InChI is InChI=1S/C25H24N2O5S/c1-19(28)20-10-12-23(13-11-20)32-25(29)21-6-5-9-24(18-21)33(30,31)27-16-14-26(15-17-27)22-7-3-2-4-8-22/h2-13,18H,14-17H2,1H3. The minimum atomic E-state index is -3.75. The van der Waals surface area contributed by atoms with Crippen LogP contribution in [0.25, 0.3) is 0 Å². The number of carbonyl (C=O) groups is 2. The number of rotatable bonds is 6. The molecule has 33 heavy (non-hydrogen) atoms. The third-order valence-electron chi connectivity index (χ3n) is 5.54. The van der Waals surface area contributed by atoms with Gasteiger partial charge in [-0.25, -0.2) is 13.2 Å². The van der Waals surface area contributed by atoms with Gasteiger partial charge in [-0.1, -0.05) is 24.3 Å². The molecule has 170 valence electrons. The molecule has 0 aliphatic carbocycles. The summed E-state index contributed by atoms with van der Waals surface area (Å²) < 4.78 is 33.2. The van der Waals surface area contributed by atoms with Gasteiger partial charge in [0.15, 0.2) is 5.78 Å². The first-order chi connectivity index (χ1) is 15.8. The molecule has 3 aromatic carbocycles. The number of carbonyl (C=O) groups excluding carboxylic acids is 2. The largest absolute Gasteiger partial charge is 0.423 e. The van der Waals surface area contributed by atoms with Crippen molar-refractivity contribution in [1.82, 2.24) is 4.31 Å². The van der Waals surface area contributed by atoms with Crippen molar-refractivity contribution < 1.29 is 22.7 Å². The normalized spacial score (nSPS) is 14.6. The Labute approximate surface area is 193 Å². The molecule has 0 saturated carbocycles. The van der Waals surface area contributed by atoms with E-state index < -0.39 is 16.0 Å². The Morgan fingerprint density at radius 3 is 2.09 bits per heavy atom. The fraction of sp³-hybridized carbons (Fsp3) is 0.200. The fourth-order valence-electron chi connectivity index (χ4n) is 3.68. The Morgan fingerprint density at radius 2 is 1.45 bits per heavy atom. The molecule has 3 aromatic rings. The molecule has 0 spiro atoms. The first kappa shape index (κ1) is 22.7. The van der Waals surface area contributed by atoms with Crippen LogP contribution in [0.3, 0.4) is 0 Å². The van der Waals surface area contributed by atoms with E-state index in [4.69, 9.17) is 4.74 Å². The summed E-state index contributed by atoms with van der Waals surface area (Å²) in [6, 6.07) is 21.9. The molecule has 1 aliphatic rings. The quantitative estimate of drug-likeness (QED) is 0.315. The van der Waals surface area contributed by atoms with Crippen LogP contribution in [-0.2, 0) is 10.0 Å². The van der Waals surface area contributed by atoms with Crippen molar-refractivity contribution in [2.45, 2.75) is 11.8 Å². The molecule has 0 atom stereocenters. The van der Waals surface area contributed by atoms with Crippen molar-refractivity contribution in [3.8, 4) is 5.75 Å². The van der Waals surface area contributed by atoms with Gasteiger partial charge in [-0.3, -0.25) is 4.79 Å². The first-order valence-corrected chi connectivity index (χ1v) is 12.0. The molecule has 0 amide bonds. The van der Waals surface area contributed by atoms with Crippen LogP contribution in [0.2, 0.25) is 0 Å². The summed E-state index contributed by atoms with van der Waals surface area (Å²) >= 11 is 0. The summed E-state index contributed by atoms with van der Waals surface area (Å²) in [7, 11) is -3.75. The van der Waals surface area contributed by atoms with Gasteiger partial charge < -0.3 is 9.64 Å². The zero-order valence-corrected chi connectivity index (χ0v) is 19.0. The number of sulfonamides is 1. The lowest BCUT2D eigenvalue weighted by Crippen LogP contribution is -2.48. The molecule has 4 rings (SSSR count). The number of benzene rings is 3. The van der Waals surface area contributed by atoms with E-state index in [0.717, 1.165) is 5.69 Å². The molecule has 7 nitrogen and oxygen atoms in total. The van der Waals surface area contributed by atoms with E-state index >= 15 is 0 Å². The molecule has 8 heteroatoms. The molecule has 1 saturated heterocycles. The number of esters is 1. The highest BCUT2D eigenvalue weighted by Gasteiger charge is 2.29. The van der Waals surface area contributed by atoms with Crippen LogP contribution >= 0.6 is 0 Å². The summed E-state index contributed by atoms with van der Waals surface area (Å²) in [5, 5.41) is 0. The van der Waals surface area contributed by atoms with Gasteiger partial charge in [-0.2, -0.15) is 4.31 Å². The minimum absolute atomic E-state index is 0.0528. The maximum atomic E-state index is 13.2. The molecule has 0 bridgehead atoms. The average Bonchev–Trinajstić information content (AvgIpc) is 2.85. The Balaban J connectivity index is 1.45. The number of ketones is 1. The van der Waals surface area contributed by atoms with Crippen molar-refractivity contribution in [2.75, 3.05) is 31.1 Å². The molecule has 0 radical (unpaired) electrons. The summed E-state index contributed by atoms with van der Waals surface area (Å²) in [5.74, 6) is -0.484. The summed E-state index contributed by atoms with van der Waals surface area (Å²) in [5.41, 5.74) is 1.71. The zero-order valence-electron chi connectivity index (χ0n) is 18.2. The van der Waals surface area contributed by atoms with Gasteiger partial charge in [0.05, 0.1) is 10.5 Å². The van der Waals surface area contributed by atoms with Gasteiger partial charge in [0.2, 0.25) is 10.0 Å². The van der Waals surface area contributed by atoms with E-state index in [-0.39, 0.29) is 22.0 Å². The van der Waals surface area contributed by atoms with Crippen LogP contribution < -0.4 is 9.64 Å². The molecular formula is C25H24N2O5S. The van der Waals surface area contributed by atoms with E-state index in [9.17, 15) is 18.0 Å². The number of Topliss-reactive ketones (excluding diaryl/α,β-unsaturated/α-hetero) is 1. The second-order valence-corrected chi connectivity index (χ2v) is 9.66. The maximum Gasteiger partial charge on any atom is 0.343 e. The Morgan fingerprint density at radius 1 is 0.788 bits per heavy atom. The van der Waals surface area contributed by atoms with E-state index in [2.05, 4.69) is 4.90 Å². The SMILES string of the molecule is CC(=O)c1ccc(OC(=O)c2cccc(S(=O)(=O)N3CCN(c4ccccc4)CC3)c2)cc1. The topological polar surface area (TPSA) is 84.0 Å². The highest BCUT2D eigenvalue weighted by atomic mass is 32.2. The van der Waals surface area contributed by atoms with Crippen molar-refractivity contribution in [2.24, 2.45) is 0 Å². The van der Waals surface area contributed by atoms with Crippen molar-refractivity contribution in [1.29, 1.82) is 0 Å². The number of piperazine rings is 1. The Hall–Kier alpha value is -3.49. The smallest absolute Gasteiger partial charge is 0.343 e. The predicted octanol–water partition coefficient (Wildman–Crippen LogP) is 3.62. The van der Waals surface area contributed by atoms with E-state index in [1.165, 1.54) is 47.6 Å². The molecule has 1 heterocycles. The van der Waals surface area contributed by atoms with Crippen LogP contribution in [0.15, 0.2) is 83.8 Å². The second kappa shape index (κ2) is 9.56. The summed E-state index contributed by atoms with van der Waals surface area (Å²) in [4.78, 5) is 26.2. The third-order valence-corrected chi connectivity index (χ3v) is 7.43. The minimum Gasteiger partial charge on any atom is -0.423 e. The number of anilines is 1. The molecule has 1 fully saturated rings. The Kier molecular flexibility index (Phi) is 6.57. The highest BCUT2D eigenvalue weighted by Crippen LogP contribution is 2.22. The van der Waals surface area contributed by atoms with E-state index in [1.54, 1.807) is 12.1 Å². The predicted molar refractivity (Wildman–Crippen MR) is 125 cm³/mol. The van der Waals surface area contributed by atoms with E-state index in [0.29, 0.717) is 31.7 Å².